The Hall–Kier alpha value is -2.14. The molecular weight excluding hydrogens is 298 g/mol. The SMILES string of the molecule is CCOC(=O)c1cc(C)sc1NC(=O)CCc1ccccc1. The van der Waals surface area contributed by atoms with Gasteiger partial charge in [-0.05, 0) is 31.9 Å². The molecule has 22 heavy (non-hydrogen) atoms. The van der Waals surface area contributed by atoms with Crippen LogP contribution in [0.1, 0.15) is 34.1 Å². The predicted octanol–water partition coefficient (Wildman–Crippen LogP) is 3.80. The molecule has 0 fully saturated rings. The molecule has 0 bridgehead atoms. The zero-order valence-electron chi connectivity index (χ0n) is 12.7. The lowest BCUT2D eigenvalue weighted by Crippen LogP contribution is -2.14. The quantitative estimate of drug-likeness (QED) is 0.824. The third-order valence-corrected chi connectivity index (χ3v) is 4.05. The van der Waals surface area contributed by atoms with Crippen LogP contribution in [0.3, 0.4) is 0 Å². The van der Waals surface area contributed by atoms with Gasteiger partial charge in [0.2, 0.25) is 5.91 Å². The molecule has 0 atom stereocenters. The van der Waals surface area contributed by atoms with Crippen LogP contribution in [0, 0.1) is 6.92 Å². The van der Waals surface area contributed by atoms with Crippen LogP contribution in [0.2, 0.25) is 0 Å². The molecule has 1 aromatic heterocycles. The van der Waals surface area contributed by atoms with Crippen LogP contribution in [0.25, 0.3) is 0 Å². The molecule has 5 heteroatoms. The van der Waals surface area contributed by atoms with Crippen LogP contribution in [-0.2, 0) is 16.0 Å². The highest BCUT2D eigenvalue weighted by molar-refractivity contribution is 7.16. The van der Waals surface area contributed by atoms with Gasteiger partial charge in [-0.15, -0.1) is 11.3 Å². The van der Waals surface area contributed by atoms with Gasteiger partial charge in [0.25, 0.3) is 0 Å². The first kappa shape index (κ1) is 16.2. The number of benzene rings is 1. The van der Waals surface area contributed by atoms with E-state index < -0.39 is 5.97 Å². The summed E-state index contributed by atoms with van der Waals surface area (Å²) in [6, 6.07) is 11.6. The molecule has 0 unspecified atom stereocenters. The number of esters is 1. The molecule has 4 nitrogen and oxygen atoms in total. The average Bonchev–Trinajstić information content (AvgIpc) is 2.87. The first-order valence-corrected chi connectivity index (χ1v) is 8.03. The first-order chi connectivity index (χ1) is 10.6. The van der Waals surface area contributed by atoms with E-state index in [-0.39, 0.29) is 5.91 Å². The van der Waals surface area contributed by atoms with Crippen LogP contribution in [0.4, 0.5) is 5.00 Å². The summed E-state index contributed by atoms with van der Waals surface area (Å²) in [5, 5.41) is 3.38. The van der Waals surface area contributed by atoms with Gasteiger partial charge < -0.3 is 10.1 Å². The van der Waals surface area contributed by atoms with E-state index >= 15 is 0 Å². The van der Waals surface area contributed by atoms with Crippen LogP contribution in [0.5, 0.6) is 0 Å². The number of hydrogen-bond acceptors (Lipinski definition) is 4. The summed E-state index contributed by atoms with van der Waals surface area (Å²) in [5.41, 5.74) is 1.54. The maximum atomic E-state index is 12.1. The molecule has 2 aromatic rings. The number of ether oxygens (including phenoxy) is 1. The summed E-state index contributed by atoms with van der Waals surface area (Å²) in [4.78, 5) is 24.9. The number of carbonyl (C=O) groups excluding carboxylic acids is 2. The number of rotatable bonds is 6. The molecule has 0 aliphatic heterocycles. The van der Waals surface area contributed by atoms with Crippen molar-refractivity contribution in [2.24, 2.45) is 0 Å². The van der Waals surface area contributed by atoms with Crippen molar-refractivity contribution in [1.82, 2.24) is 0 Å². The van der Waals surface area contributed by atoms with E-state index in [0.29, 0.717) is 30.0 Å². The molecule has 0 aliphatic carbocycles. The van der Waals surface area contributed by atoms with Gasteiger partial charge in [0.15, 0.2) is 0 Å². The number of hydrogen-bond donors (Lipinski definition) is 1. The minimum atomic E-state index is -0.398. The minimum Gasteiger partial charge on any atom is -0.462 e. The van der Waals surface area contributed by atoms with Crippen LogP contribution in [-0.4, -0.2) is 18.5 Å². The monoisotopic (exact) mass is 317 g/mol. The molecule has 116 valence electrons. The summed E-state index contributed by atoms with van der Waals surface area (Å²) in [5.74, 6) is -0.499. The number of nitrogens with one attached hydrogen (secondary N) is 1. The lowest BCUT2D eigenvalue weighted by atomic mass is 10.1. The second-order valence-electron chi connectivity index (χ2n) is 4.85. The normalized spacial score (nSPS) is 10.3. The third kappa shape index (κ3) is 4.43. The van der Waals surface area contributed by atoms with Crippen molar-refractivity contribution in [2.75, 3.05) is 11.9 Å². The second kappa shape index (κ2) is 7.75. The van der Waals surface area contributed by atoms with E-state index in [0.717, 1.165) is 10.4 Å². The van der Waals surface area contributed by atoms with Crippen molar-refractivity contribution in [2.45, 2.75) is 26.7 Å². The molecule has 1 aromatic carbocycles. The standard InChI is InChI=1S/C17H19NO3S/c1-3-21-17(20)14-11-12(2)22-16(14)18-15(19)10-9-13-7-5-4-6-8-13/h4-8,11H,3,9-10H2,1-2H3,(H,18,19). The largest absolute Gasteiger partial charge is 0.462 e. The van der Waals surface area contributed by atoms with Crippen molar-refractivity contribution in [3.63, 3.8) is 0 Å². The highest BCUT2D eigenvalue weighted by Crippen LogP contribution is 2.28. The zero-order chi connectivity index (χ0) is 15.9. The van der Waals surface area contributed by atoms with E-state index in [1.54, 1.807) is 13.0 Å². The lowest BCUT2D eigenvalue weighted by Gasteiger charge is -2.06. The fourth-order valence-electron chi connectivity index (χ4n) is 2.06. The maximum Gasteiger partial charge on any atom is 0.341 e. The van der Waals surface area contributed by atoms with Gasteiger partial charge in [-0.1, -0.05) is 30.3 Å². The Kier molecular flexibility index (Phi) is 5.72. The molecule has 0 aliphatic rings. The van der Waals surface area contributed by atoms with E-state index in [1.165, 1.54) is 11.3 Å². The van der Waals surface area contributed by atoms with Crippen molar-refractivity contribution in [3.8, 4) is 0 Å². The topological polar surface area (TPSA) is 55.4 Å². The smallest absolute Gasteiger partial charge is 0.341 e. The maximum absolute atomic E-state index is 12.1. The van der Waals surface area contributed by atoms with Gasteiger partial charge in [0, 0.05) is 11.3 Å². The van der Waals surface area contributed by atoms with Gasteiger partial charge in [-0.25, -0.2) is 4.79 Å². The number of aryl methyl sites for hydroxylation is 2. The summed E-state index contributed by atoms with van der Waals surface area (Å²) in [6.45, 7) is 3.97. The van der Waals surface area contributed by atoms with Gasteiger partial charge in [0.1, 0.15) is 5.00 Å². The molecular formula is C17H19NO3S. The fourth-order valence-corrected chi connectivity index (χ4v) is 2.98. The molecule has 1 amide bonds. The molecule has 0 saturated heterocycles. The first-order valence-electron chi connectivity index (χ1n) is 7.21. The van der Waals surface area contributed by atoms with Crippen LogP contribution >= 0.6 is 11.3 Å². The molecule has 0 spiro atoms. The second-order valence-corrected chi connectivity index (χ2v) is 6.11. The van der Waals surface area contributed by atoms with Gasteiger partial charge in [0.05, 0.1) is 12.2 Å². The Bertz CT molecular complexity index is 649. The van der Waals surface area contributed by atoms with Gasteiger partial charge >= 0.3 is 5.97 Å². The molecule has 0 radical (unpaired) electrons. The van der Waals surface area contributed by atoms with E-state index in [4.69, 9.17) is 4.74 Å². The highest BCUT2D eigenvalue weighted by Gasteiger charge is 2.17. The Morgan fingerprint density at radius 2 is 1.95 bits per heavy atom. The summed E-state index contributed by atoms with van der Waals surface area (Å²) < 4.78 is 5.01. The van der Waals surface area contributed by atoms with E-state index in [1.807, 2.05) is 37.3 Å². The predicted molar refractivity (Wildman–Crippen MR) is 88.4 cm³/mol. The van der Waals surface area contributed by atoms with Crippen molar-refractivity contribution < 1.29 is 14.3 Å². The Morgan fingerprint density at radius 3 is 2.64 bits per heavy atom. The number of anilines is 1. The Balaban J connectivity index is 1.98. The Morgan fingerprint density at radius 1 is 1.23 bits per heavy atom. The minimum absolute atomic E-state index is 0.101. The van der Waals surface area contributed by atoms with Crippen LogP contribution < -0.4 is 5.32 Å². The summed E-state index contributed by atoms with van der Waals surface area (Å²) >= 11 is 1.39. The molecule has 0 saturated carbocycles. The van der Waals surface area contributed by atoms with Gasteiger partial charge in [-0.3, -0.25) is 4.79 Å². The van der Waals surface area contributed by atoms with E-state index in [2.05, 4.69) is 5.32 Å². The lowest BCUT2D eigenvalue weighted by molar-refractivity contribution is -0.116. The summed E-state index contributed by atoms with van der Waals surface area (Å²) in [7, 11) is 0. The van der Waals surface area contributed by atoms with Crippen molar-refractivity contribution >= 4 is 28.2 Å². The molecule has 1 heterocycles. The van der Waals surface area contributed by atoms with Gasteiger partial charge in [-0.2, -0.15) is 0 Å². The van der Waals surface area contributed by atoms with Crippen molar-refractivity contribution in [1.29, 1.82) is 0 Å². The zero-order valence-corrected chi connectivity index (χ0v) is 13.5. The molecule has 1 N–H and O–H groups in total. The van der Waals surface area contributed by atoms with Crippen LogP contribution in [0.15, 0.2) is 36.4 Å². The third-order valence-electron chi connectivity index (χ3n) is 3.09. The summed E-state index contributed by atoms with van der Waals surface area (Å²) in [6.07, 6.45) is 1.05. The number of thiophene rings is 1. The Labute approximate surface area is 134 Å². The fraction of sp³-hybridized carbons (Fsp3) is 0.294. The molecule has 2 rings (SSSR count). The number of carbonyl (C=O) groups is 2. The van der Waals surface area contributed by atoms with Crippen molar-refractivity contribution in [3.05, 3.63) is 52.4 Å². The average molecular weight is 317 g/mol. The number of amides is 1. The highest BCUT2D eigenvalue weighted by atomic mass is 32.1. The van der Waals surface area contributed by atoms with E-state index in [9.17, 15) is 9.59 Å².